The molecule has 0 saturated carbocycles. The van der Waals surface area contributed by atoms with Crippen LogP contribution in [-0.4, -0.2) is 0 Å². The summed E-state index contributed by atoms with van der Waals surface area (Å²) >= 11 is 1.73. The minimum atomic E-state index is 0.119. The van der Waals surface area contributed by atoms with E-state index in [1.54, 1.807) is 11.3 Å². The van der Waals surface area contributed by atoms with Gasteiger partial charge < -0.3 is 5.73 Å². The van der Waals surface area contributed by atoms with Gasteiger partial charge in [-0.25, -0.2) is 0 Å². The van der Waals surface area contributed by atoms with Crippen LogP contribution in [0.2, 0.25) is 0 Å². The van der Waals surface area contributed by atoms with E-state index >= 15 is 0 Å². The Morgan fingerprint density at radius 1 is 1.12 bits per heavy atom. The lowest BCUT2D eigenvalue weighted by atomic mass is 9.98. The molecular formula is C15H19NS. The molecule has 1 aromatic carbocycles. The first kappa shape index (κ1) is 12.3. The van der Waals surface area contributed by atoms with Gasteiger partial charge in [-0.1, -0.05) is 31.2 Å². The van der Waals surface area contributed by atoms with Crippen LogP contribution in [0.15, 0.2) is 35.0 Å². The first-order valence-electron chi connectivity index (χ1n) is 6.06. The van der Waals surface area contributed by atoms with E-state index in [0.29, 0.717) is 0 Å². The van der Waals surface area contributed by atoms with E-state index in [1.807, 2.05) is 0 Å². The van der Waals surface area contributed by atoms with Gasteiger partial charge in [-0.15, -0.1) is 0 Å². The predicted molar refractivity (Wildman–Crippen MR) is 75.5 cm³/mol. The highest BCUT2D eigenvalue weighted by molar-refractivity contribution is 7.08. The highest BCUT2D eigenvalue weighted by atomic mass is 32.1. The lowest BCUT2D eigenvalue weighted by Crippen LogP contribution is -2.13. The lowest BCUT2D eigenvalue weighted by molar-refractivity contribution is 0.720. The lowest BCUT2D eigenvalue weighted by Gasteiger charge is -2.12. The Balaban J connectivity index is 2.07. The molecule has 2 heteroatoms. The van der Waals surface area contributed by atoms with Crippen LogP contribution in [-0.2, 0) is 12.8 Å². The molecule has 1 heterocycles. The van der Waals surface area contributed by atoms with Crippen LogP contribution in [0.25, 0.3) is 0 Å². The van der Waals surface area contributed by atoms with Crippen LogP contribution >= 0.6 is 11.3 Å². The van der Waals surface area contributed by atoms with Crippen molar-refractivity contribution in [3.8, 4) is 0 Å². The van der Waals surface area contributed by atoms with Crippen LogP contribution in [0.1, 0.15) is 35.2 Å². The second-order valence-electron chi connectivity index (χ2n) is 4.49. The van der Waals surface area contributed by atoms with Gasteiger partial charge in [0.1, 0.15) is 0 Å². The maximum atomic E-state index is 6.25. The maximum Gasteiger partial charge on any atom is 0.0346 e. The minimum absolute atomic E-state index is 0.119. The molecule has 0 amide bonds. The summed E-state index contributed by atoms with van der Waals surface area (Å²) in [6, 6.07) is 8.90. The van der Waals surface area contributed by atoms with Gasteiger partial charge in [0, 0.05) is 6.04 Å². The summed E-state index contributed by atoms with van der Waals surface area (Å²) in [6.45, 7) is 4.31. The number of nitrogens with two attached hydrogens (primary N) is 1. The van der Waals surface area contributed by atoms with E-state index in [0.717, 1.165) is 12.8 Å². The van der Waals surface area contributed by atoms with E-state index in [1.165, 1.54) is 22.3 Å². The average molecular weight is 245 g/mol. The van der Waals surface area contributed by atoms with Gasteiger partial charge >= 0.3 is 0 Å². The smallest absolute Gasteiger partial charge is 0.0346 e. The SMILES string of the molecule is CCc1ccc(CC(N)c2cscc2C)cc1. The van der Waals surface area contributed by atoms with Crippen LogP contribution in [0, 0.1) is 6.92 Å². The molecule has 17 heavy (non-hydrogen) atoms. The van der Waals surface area contributed by atoms with Crippen molar-refractivity contribution in [2.24, 2.45) is 5.73 Å². The summed E-state index contributed by atoms with van der Waals surface area (Å²) in [5.74, 6) is 0. The van der Waals surface area contributed by atoms with Gasteiger partial charge in [0.05, 0.1) is 0 Å². The first-order chi connectivity index (χ1) is 8.20. The average Bonchev–Trinajstić information content (AvgIpc) is 2.76. The molecule has 2 N–H and O–H groups in total. The molecule has 90 valence electrons. The second kappa shape index (κ2) is 5.48. The van der Waals surface area contributed by atoms with Gasteiger partial charge in [0.15, 0.2) is 0 Å². The Morgan fingerprint density at radius 3 is 2.29 bits per heavy atom. The molecule has 0 spiro atoms. The topological polar surface area (TPSA) is 26.0 Å². The third-order valence-corrected chi connectivity index (χ3v) is 4.06. The molecule has 2 rings (SSSR count). The largest absolute Gasteiger partial charge is 0.324 e. The van der Waals surface area contributed by atoms with Crippen molar-refractivity contribution in [1.29, 1.82) is 0 Å². The third-order valence-electron chi connectivity index (χ3n) is 3.18. The molecule has 0 radical (unpaired) electrons. The van der Waals surface area contributed by atoms with Crippen molar-refractivity contribution in [3.05, 3.63) is 57.3 Å². The Morgan fingerprint density at radius 2 is 1.76 bits per heavy atom. The van der Waals surface area contributed by atoms with Crippen molar-refractivity contribution in [3.63, 3.8) is 0 Å². The normalized spacial score (nSPS) is 12.6. The number of benzene rings is 1. The molecule has 0 saturated heterocycles. The maximum absolute atomic E-state index is 6.25. The molecule has 1 aromatic heterocycles. The Hall–Kier alpha value is -1.12. The van der Waals surface area contributed by atoms with E-state index in [9.17, 15) is 0 Å². The molecule has 2 aromatic rings. The number of rotatable bonds is 4. The van der Waals surface area contributed by atoms with Gasteiger partial charge in [0.2, 0.25) is 0 Å². The summed E-state index contributed by atoms with van der Waals surface area (Å²) in [6.07, 6.45) is 2.01. The molecule has 0 fully saturated rings. The van der Waals surface area contributed by atoms with Crippen molar-refractivity contribution in [2.45, 2.75) is 32.7 Å². The van der Waals surface area contributed by atoms with Crippen molar-refractivity contribution in [2.75, 3.05) is 0 Å². The summed E-state index contributed by atoms with van der Waals surface area (Å²) in [5, 5.41) is 4.33. The number of aryl methyl sites for hydroxylation is 2. The zero-order chi connectivity index (χ0) is 12.3. The standard InChI is InChI=1S/C15H19NS/c1-3-12-4-6-13(7-5-12)8-15(16)14-10-17-9-11(14)2/h4-7,9-10,15H,3,8,16H2,1-2H3. The van der Waals surface area contributed by atoms with Crippen molar-refractivity contribution >= 4 is 11.3 Å². The van der Waals surface area contributed by atoms with E-state index in [4.69, 9.17) is 5.73 Å². The fourth-order valence-electron chi connectivity index (χ4n) is 2.03. The number of hydrogen-bond acceptors (Lipinski definition) is 2. The van der Waals surface area contributed by atoms with Gasteiger partial charge in [-0.05, 0) is 52.8 Å². The van der Waals surface area contributed by atoms with Gasteiger partial charge in [-0.3, -0.25) is 0 Å². The quantitative estimate of drug-likeness (QED) is 0.869. The molecular weight excluding hydrogens is 226 g/mol. The van der Waals surface area contributed by atoms with Crippen molar-refractivity contribution < 1.29 is 0 Å². The Labute approximate surface area is 107 Å². The zero-order valence-electron chi connectivity index (χ0n) is 10.4. The van der Waals surface area contributed by atoms with Crippen LogP contribution in [0.5, 0.6) is 0 Å². The molecule has 0 aliphatic carbocycles. The first-order valence-corrected chi connectivity index (χ1v) is 7.01. The molecule has 0 aliphatic rings. The van der Waals surface area contributed by atoms with Crippen LogP contribution < -0.4 is 5.73 Å². The molecule has 0 bridgehead atoms. The monoisotopic (exact) mass is 245 g/mol. The summed E-state index contributed by atoms with van der Waals surface area (Å²) in [5.41, 5.74) is 11.6. The molecule has 1 unspecified atom stereocenters. The number of thiophene rings is 1. The van der Waals surface area contributed by atoms with E-state index < -0.39 is 0 Å². The van der Waals surface area contributed by atoms with Crippen molar-refractivity contribution in [1.82, 2.24) is 0 Å². The number of hydrogen-bond donors (Lipinski definition) is 1. The zero-order valence-corrected chi connectivity index (χ0v) is 11.3. The fraction of sp³-hybridized carbons (Fsp3) is 0.333. The van der Waals surface area contributed by atoms with Gasteiger partial charge in [-0.2, -0.15) is 11.3 Å². The van der Waals surface area contributed by atoms with Gasteiger partial charge in [0.25, 0.3) is 0 Å². The highest BCUT2D eigenvalue weighted by Gasteiger charge is 2.10. The molecule has 1 atom stereocenters. The fourth-order valence-corrected chi connectivity index (χ4v) is 2.94. The Kier molecular flexibility index (Phi) is 3.97. The van der Waals surface area contributed by atoms with Crippen LogP contribution in [0.4, 0.5) is 0 Å². The summed E-state index contributed by atoms with van der Waals surface area (Å²) in [7, 11) is 0. The third kappa shape index (κ3) is 2.96. The Bertz CT molecular complexity index is 470. The van der Waals surface area contributed by atoms with E-state index in [-0.39, 0.29) is 6.04 Å². The van der Waals surface area contributed by atoms with E-state index in [2.05, 4.69) is 48.9 Å². The van der Waals surface area contributed by atoms with Crippen LogP contribution in [0.3, 0.4) is 0 Å². The predicted octanol–water partition coefficient (Wildman–Crippen LogP) is 3.86. The molecule has 1 nitrogen and oxygen atoms in total. The second-order valence-corrected chi connectivity index (χ2v) is 5.23. The highest BCUT2D eigenvalue weighted by Crippen LogP contribution is 2.23. The summed E-state index contributed by atoms with van der Waals surface area (Å²) < 4.78 is 0. The molecule has 0 aliphatic heterocycles. The summed E-state index contributed by atoms with van der Waals surface area (Å²) in [4.78, 5) is 0. The minimum Gasteiger partial charge on any atom is -0.324 e.